The zero-order valence-corrected chi connectivity index (χ0v) is 29.2. The molecule has 4 atom stereocenters. The summed E-state index contributed by atoms with van der Waals surface area (Å²) in [4.78, 5) is 66.6. The van der Waals surface area contributed by atoms with Gasteiger partial charge >= 0.3 is 12.1 Å². The zero-order chi connectivity index (χ0) is 36.6. The Bertz CT molecular complexity index is 1550. The van der Waals surface area contributed by atoms with E-state index in [2.05, 4.69) is 21.3 Å². The SMILES string of the molecule is COC(=O)[C@@H](NC(=O)[C@H](Cc1ccc(O)cc1)NC(=O)[C@H](CC(C)C)NC(=O)[C@H](Cc1ccccc1)NC(=O)OCc1ccccc1)C(C)C. The predicted molar refractivity (Wildman–Crippen MR) is 188 cm³/mol. The van der Waals surface area contributed by atoms with E-state index in [0.717, 1.165) is 11.1 Å². The van der Waals surface area contributed by atoms with Crippen LogP contribution in [0.2, 0.25) is 0 Å². The number of hydrogen-bond donors (Lipinski definition) is 5. The van der Waals surface area contributed by atoms with Crippen LogP contribution in [-0.2, 0) is 48.1 Å². The van der Waals surface area contributed by atoms with Crippen LogP contribution in [0.5, 0.6) is 5.75 Å². The van der Waals surface area contributed by atoms with E-state index in [1.807, 2.05) is 74.5 Å². The fourth-order valence-electron chi connectivity index (χ4n) is 5.17. The van der Waals surface area contributed by atoms with Crippen LogP contribution in [0.3, 0.4) is 0 Å². The average molecular weight is 689 g/mol. The highest BCUT2D eigenvalue weighted by Crippen LogP contribution is 2.14. The van der Waals surface area contributed by atoms with Crippen LogP contribution in [0.1, 0.15) is 50.8 Å². The molecule has 0 aliphatic rings. The van der Waals surface area contributed by atoms with E-state index in [4.69, 9.17) is 9.47 Å². The van der Waals surface area contributed by atoms with Gasteiger partial charge in [0.1, 0.15) is 36.5 Å². The number of rotatable bonds is 17. The van der Waals surface area contributed by atoms with Gasteiger partial charge in [-0.25, -0.2) is 9.59 Å². The van der Waals surface area contributed by atoms with Gasteiger partial charge in [-0.15, -0.1) is 0 Å². The third kappa shape index (κ3) is 12.9. The van der Waals surface area contributed by atoms with Gasteiger partial charge in [0.25, 0.3) is 0 Å². The minimum Gasteiger partial charge on any atom is -0.508 e. The molecule has 0 aliphatic carbocycles. The molecule has 12 heteroatoms. The van der Waals surface area contributed by atoms with Gasteiger partial charge in [0.2, 0.25) is 17.7 Å². The van der Waals surface area contributed by atoms with Crippen molar-refractivity contribution in [2.24, 2.45) is 11.8 Å². The molecule has 3 aromatic rings. The predicted octanol–water partition coefficient (Wildman–Crippen LogP) is 3.80. The molecule has 0 aromatic heterocycles. The van der Waals surface area contributed by atoms with Gasteiger partial charge < -0.3 is 35.8 Å². The molecule has 0 heterocycles. The molecule has 0 fully saturated rings. The Morgan fingerprint density at radius 1 is 0.620 bits per heavy atom. The number of nitrogens with one attached hydrogen (secondary N) is 4. The molecule has 0 unspecified atom stereocenters. The van der Waals surface area contributed by atoms with Crippen LogP contribution < -0.4 is 21.3 Å². The summed E-state index contributed by atoms with van der Waals surface area (Å²) in [7, 11) is 1.22. The average Bonchev–Trinajstić information content (AvgIpc) is 3.09. The first-order valence-corrected chi connectivity index (χ1v) is 16.6. The first-order chi connectivity index (χ1) is 23.9. The molecule has 12 nitrogen and oxygen atoms in total. The molecule has 3 aromatic carbocycles. The molecule has 0 aliphatic heterocycles. The summed E-state index contributed by atoms with van der Waals surface area (Å²) in [6.07, 6.45) is -0.430. The highest BCUT2D eigenvalue weighted by Gasteiger charge is 2.33. The van der Waals surface area contributed by atoms with Crippen molar-refractivity contribution >= 4 is 29.8 Å². The number of phenols is 1. The van der Waals surface area contributed by atoms with Crippen molar-refractivity contribution < 1.29 is 38.6 Å². The number of benzene rings is 3. The maximum absolute atomic E-state index is 13.9. The van der Waals surface area contributed by atoms with Gasteiger partial charge in [-0.05, 0) is 47.1 Å². The number of phenolic OH excluding ortho intramolecular Hbond substituents is 1. The molecule has 0 bridgehead atoms. The maximum Gasteiger partial charge on any atom is 0.408 e. The normalized spacial score (nSPS) is 13.3. The molecule has 3 rings (SSSR count). The number of amides is 4. The van der Waals surface area contributed by atoms with E-state index in [-0.39, 0.29) is 43.5 Å². The largest absolute Gasteiger partial charge is 0.508 e. The lowest BCUT2D eigenvalue weighted by atomic mass is 9.99. The standard InChI is InChI=1S/C38H48N4O8/c1-24(2)20-30(34(44)40-31(22-27-16-18-29(43)19-17-27)36(46)42-33(25(3)4)37(47)49-5)39-35(45)32(21-26-12-8-6-9-13-26)41-38(48)50-23-28-14-10-7-11-15-28/h6-19,24-25,30-33,43H,20-23H2,1-5H3,(H,39,45)(H,40,44)(H,41,48)(H,42,46)/t30-,31-,32-,33-/m0/s1. The summed E-state index contributed by atoms with van der Waals surface area (Å²) >= 11 is 0. The van der Waals surface area contributed by atoms with Gasteiger partial charge in [0.15, 0.2) is 0 Å². The maximum atomic E-state index is 13.9. The fourth-order valence-corrected chi connectivity index (χ4v) is 5.17. The number of aromatic hydroxyl groups is 1. The van der Waals surface area contributed by atoms with Gasteiger partial charge in [-0.1, -0.05) is 100 Å². The van der Waals surface area contributed by atoms with E-state index in [1.54, 1.807) is 26.0 Å². The zero-order valence-electron chi connectivity index (χ0n) is 29.2. The summed E-state index contributed by atoms with van der Waals surface area (Å²) in [5, 5.41) is 20.6. The number of methoxy groups -OCH3 is 1. The molecule has 0 spiro atoms. The van der Waals surface area contributed by atoms with E-state index >= 15 is 0 Å². The quantitative estimate of drug-likeness (QED) is 0.133. The van der Waals surface area contributed by atoms with Crippen LogP contribution in [0, 0.1) is 11.8 Å². The van der Waals surface area contributed by atoms with Gasteiger partial charge in [-0.3, -0.25) is 14.4 Å². The second kappa shape index (κ2) is 19.6. The number of esters is 1. The lowest BCUT2D eigenvalue weighted by Crippen LogP contribution is -2.59. The molecule has 5 N–H and O–H groups in total. The third-order valence-electron chi connectivity index (χ3n) is 7.87. The molecule has 0 radical (unpaired) electrons. The van der Waals surface area contributed by atoms with E-state index in [0.29, 0.717) is 5.56 Å². The molecular formula is C38H48N4O8. The Morgan fingerprint density at radius 3 is 1.64 bits per heavy atom. The lowest BCUT2D eigenvalue weighted by molar-refractivity contribution is -0.146. The second-order valence-corrected chi connectivity index (χ2v) is 12.8. The monoisotopic (exact) mass is 688 g/mol. The lowest BCUT2D eigenvalue weighted by Gasteiger charge is -2.27. The Balaban J connectivity index is 1.83. The molecule has 4 amide bonds. The van der Waals surface area contributed by atoms with Crippen molar-refractivity contribution in [3.8, 4) is 5.75 Å². The molecule has 0 saturated carbocycles. The summed E-state index contributed by atoms with van der Waals surface area (Å²) < 4.78 is 10.2. The number of carbonyl (C=O) groups excluding carboxylic acids is 5. The van der Waals surface area contributed by atoms with E-state index in [1.165, 1.54) is 19.2 Å². The number of ether oxygens (including phenoxy) is 2. The molecule has 268 valence electrons. The van der Waals surface area contributed by atoms with Crippen LogP contribution in [0.25, 0.3) is 0 Å². The Kier molecular flexibility index (Phi) is 15.3. The minimum absolute atomic E-state index is 0.00284. The van der Waals surface area contributed by atoms with Crippen molar-refractivity contribution in [3.05, 3.63) is 102 Å². The van der Waals surface area contributed by atoms with Gasteiger partial charge in [0.05, 0.1) is 7.11 Å². The van der Waals surface area contributed by atoms with Crippen molar-refractivity contribution in [3.63, 3.8) is 0 Å². The molecule has 50 heavy (non-hydrogen) atoms. The number of hydrogen-bond acceptors (Lipinski definition) is 8. The van der Waals surface area contributed by atoms with Crippen LogP contribution in [-0.4, -0.2) is 66.2 Å². The number of carbonyl (C=O) groups is 5. The highest BCUT2D eigenvalue weighted by atomic mass is 16.5. The Labute approximate surface area is 293 Å². The summed E-state index contributed by atoms with van der Waals surface area (Å²) in [6.45, 7) is 7.28. The Morgan fingerprint density at radius 2 is 1.10 bits per heavy atom. The molecular weight excluding hydrogens is 640 g/mol. The van der Waals surface area contributed by atoms with Crippen molar-refractivity contribution in [2.45, 2.75) is 77.7 Å². The second-order valence-electron chi connectivity index (χ2n) is 12.8. The first-order valence-electron chi connectivity index (χ1n) is 16.6. The van der Waals surface area contributed by atoms with Crippen molar-refractivity contribution in [1.82, 2.24) is 21.3 Å². The molecule has 0 saturated heterocycles. The topological polar surface area (TPSA) is 172 Å². The van der Waals surface area contributed by atoms with Crippen molar-refractivity contribution in [2.75, 3.05) is 7.11 Å². The highest BCUT2D eigenvalue weighted by molar-refractivity contribution is 5.95. The van der Waals surface area contributed by atoms with E-state index in [9.17, 15) is 29.1 Å². The minimum atomic E-state index is -1.16. The van der Waals surface area contributed by atoms with E-state index < -0.39 is 54.0 Å². The van der Waals surface area contributed by atoms with Crippen molar-refractivity contribution in [1.29, 1.82) is 0 Å². The summed E-state index contributed by atoms with van der Waals surface area (Å²) in [5.74, 6) is -2.82. The van der Waals surface area contributed by atoms with Crippen LogP contribution in [0.4, 0.5) is 4.79 Å². The van der Waals surface area contributed by atoms with Crippen LogP contribution in [0.15, 0.2) is 84.9 Å². The smallest absolute Gasteiger partial charge is 0.408 e. The summed E-state index contributed by atoms with van der Waals surface area (Å²) in [6, 6.07) is 20.1. The first kappa shape index (κ1) is 39.1. The van der Waals surface area contributed by atoms with Crippen LogP contribution >= 0.6 is 0 Å². The third-order valence-corrected chi connectivity index (χ3v) is 7.87. The Hall–Kier alpha value is -5.39. The fraction of sp³-hybridized carbons (Fsp3) is 0.395. The van der Waals surface area contributed by atoms with Gasteiger partial charge in [0, 0.05) is 12.8 Å². The summed E-state index contributed by atoms with van der Waals surface area (Å²) in [5.41, 5.74) is 2.18. The number of alkyl carbamates (subject to hydrolysis) is 1. The van der Waals surface area contributed by atoms with Gasteiger partial charge in [-0.2, -0.15) is 0 Å².